The highest BCUT2D eigenvalue weighted by Gasteiger charge is 2.23. The SMILES string of the molecule is Cc1cn(CC(=O)N(CCNC(=O)OC(C)(C)C)CC(=O)Nc2ccccc2CN(CC(=O)O)C(=O)Cn2cc(C)c(=O)[nH]c2=O)c(=O)[nH]c1=O. The molecule has 0 unspecified atom stereocenters. The van der Waals surface area contributed by atoms with E-state index in [4.69, 9.17) is 4.74 Å². The molecular formula is C32H40N8O11. The minimum atomic E-state index is -1.35. The predicted molar refractivity (Wildman–Crippen MR) is 181 cm³/mol. The summed E-state index contributed by atoms with van der Waals surface area (Å²) in [5, 5.41) is 14.6. The predicted octanol–water partition coefficient (Wildman–Crippen LogP) is -0.891. The Morgan fingerprint density at radius 3 is 1.88 bits per heavy atom. The number of aryl methyl sites for hydroxylation is 2. The van der Waals surface area contributed by atoms with Gasteiger partial charge in [-0.05, 0) is 46.2 Å². The first kappa shape index (κ1) is 39.2. The summed E-state index contributed by atoms with van der Waals surface area (Å²) < 4.78 is 7.11. The number of aromatic nitrogens is 4. The Labute approximate surface area is 289 Å². The van der Waals surface area contributed by atoms with Crippen molar-refractivity contribution in [3.8, 4) is 0 Å². The Balaban J connectivity index is 1.81. The standard InChI is InChI=1S/C32H40N8O11/c1-19-12-39(29(48)35-27(19)46)16-24(42)37(11-10-33-31(50)51-32(3,4)5)15-23(41)34-22-9-7-6-8-21(22)14-38(18-26(44)45)25(43)17-40-13-20(2)28(47)36-30(40)49/h6-9,12-13H,10-11,14-18H2,1-5H3,(H,33,50)(H,34,41)(H,44,45)(H,35,46,48)(H,36,47,49). The van der Waals surface area contributed by atoms with Crippen LogP contribution in [-0.2, 0) is 43.5 Å². The number of alkyl carbamates (subject to hydrolysis) is 1. The molecule has 0 spiro atoms. The van der Waals surface area contributed by atoms with Crippen molar-refractivity contribution in [1.82, 2.24) is 34.2 Å². The maximum Gasteiger partial charge on any atom is 0.407 e. The highest BCUT2D eigenvalue weighted by atomic mass is 16.6. The van der Waals surface area contributed by atoms with Crippen LogP contribution in [0.4, 0.5) is 10.5 Å². The van der Waals surface area contributed by atoms with Crippen LogP contribution in [0, 0.1) is 13.8 Å². The molecule has 3 rings (SSSR count). The van der Waals surface area contributed by atoms with Crippen molar-refractivity contribution in [3.63, 3.8) is 0 Å². The Bertz CT molecular complexity index is 2040. The summed E-state index contributed by atoms with van der Waals surface area (Å²) in [5.74, 6) is -3.54. The van der Waals surface area contributed by atoms with E-state index in [1.165, 1.54) is 38.4 Å². The summed E-state index contributed by atoms with van der Waals surface area (Å²) in [5.41, 5.74) is -2.92. The summed E-state index contributed by atoms with van der Waals surface area (Å²) in [7, 11) is 0. The lowest BCUT2D eigenvalue weighted by atomic mass is 10.1. The second-order valence-electron chi connectivity index (χ2n) is 12.5. The summed E-state index contributed by atoms with van der Waals surface area (Å²) >= 11 is 0. The smallest absolute Gasteiger partial charge is 0.407 e. The molecule has 19 heteroatoms. The zero-order valence-corrected chi connectivity index (χ0v) is 28.7. The normalized spacial score (nSPS) is 11.0. The van der Waals surface area contributed by atoms with Gasteiger partial charge in [0.15, 0.2) is 0 Å². The number of carboxylic acids is 1. The number of ether oxygens (including phenoxy) is 1. The van der Waals surface area contributed by atoms with Crippen molar-refractivity contribution in [2.24, 2.45) is 0 Å². The molecule has 0 saturated heterocycles. The van der Waals surface area contributed by atoms with Crippen LogP contribution in [0.1, 0.15) is 37.5 Å². The summed E-state index contributed by atoms with van der Waals surface area (Å²) in [6, 6.07) is 6.19. The van der Waals surface area contributed by atoms with E-state index < -0.39 is 84.1 Å². The third kappa shape index (κ3) is 12.0. The van der Waals surface area contributed by atoms with Gasteiger partial charge in [0.2, 0.25) is 17.7 Å². The number of amides is 4. The molecule has 2 heterocycles. The van der Waals surface area contributed by atoms with E-state index >= 15 is 0 Å². The summed E-state index contributed by atoms with van der Waals surface area (Å²) in [6.45, 7) is 4.81. The van der Waals surface area contributed by atoms with E-state index in [-0.39, 0.29) is 36.4 Å². The zero-order valence-electron chi connectivity index (χ0n) is 28.7. The molecule has 0 aliphatic heterocycles. The Kier molecular flexibility index (Phi) is 13.0. The average Bonchev–Trinajstić information content (AvgIpc) is 3.01. The monoisotopic (exact) mass is 712 g/mol. The molecule has 51 heavy (non-hydrogen) atoms. The van der Waals surface area contributed by atoms with Crippen molar-refractivity contribution in [2.45, 2.75) is 59.9 Å². The summed E-state index contributed by atoms with van der Waals surface area (Å²) in [6.07, 6.45) is 1.62. The Hall–Kier alpha value is -6.27. The topological polar surface area (TPSA) is 255 Å². The van der Waals surface area contributed by atoms with Crippen LogP contribution in [0.2, 0.25) is 0 Å². The average molecular weight is 713 g/mol. The van der Waals surface area contributed by atoms with Gasteiger partial charge in [0, 0.05) is 48.8 Å². The van der Waals surface area contributed by atoms with Crippen LogP contribution in [0.5, 0.6) is 0 Å². The number of rotatable bonds is 14. The number of hydrogen-bond donors (Lipinski definition) is 5. The molecule has 5 N–H and O–H groups in total. The second kappa shape index (κ2) is 16.9. The van der Waals surface area contributed by atoms with Crippen molar-refractivity contribution >= 4 is 35.5 Å². The molecule has 274 valence electrons. The fraction of sp³-hybridized carbons (Fsp3) is 0.406. The first-order chi connectivity index (χ1) is 23.8. The molecule has 0 bridgehead atoms. The molecule has 0 saturated carbocycles. The summed E-state index contributed by atoms with van der Waals surface area (Å²) in [4.78, 5) is 118. The lowest BCUT2D eigenvalue weighted by molar-refractivity contribution is -0.145. The first-order valence-corrected chi connectivity index (χ1v) is 15.6. The lowest BCUT2D eigenvalue weighted by Gasteiger charge is -2.25. The number of anilines is 1. The fourth-order valence-corrected chi connectivity index (χ4v) is 4.61. The van der Waals surface area contributed by atoms with Crippen molar-refractivity contribution in [3.05, 3.63) is 95.0 Å². The number of hydrogen-bond acceptors (Lipinski definition) is 10. The molecule has 3 aromatic rings. The van der Waals surface area contributed by atoms with E-state index in [0.717, 1.165) is 18.9 Å². The van der Waals surface area contributed by atoms with Crippen LogP contribution < -0.4 is 33.1 Å². The number of carbonyl (C=O) groups excluding carboxylic acids is 4. The molecular weight excluding hydrogens is 672 g/mol. The number of nitrogens with one attached hydrogen (secondary N) is 4. The number of carbonyl (C=O) groups is 5. The van der Waals surface area contributed by atoms with Gasteiger partial charge in [-0.2, -0.15) is 0 Å². The van der Waals surface area contributed by atoms with E-state index in [0.29, 0.717) is 5.56 Å². The quantitative estimate of drug-likeness (QED) is 0.137. The van der Waals surface area contributed by atoms with E-state index in [9.17, 15) is 48.3 Å². The largest absolute Gasteiger partial charge is 0.480 e. The third-order valence-electron chi connectivity index (χ3n) is 7.06. The maximum atomic E-state index is 13.4. The van der Waals surface area contributed by atoms with Gasteiger partial charge in [-0.15, -0.1) is 0 Å². The molecule has 0 aliphatic rings. The number of para-hydroxylation sites is 1. The molecule has 19 nitrogen and oxygen atoms in total. The van der Waals surface area contributed by atoms with E-state index in [1.807, 2.05) is 0 Å². The number of benzene rings is 1. The Morgan fingerprint density at radius 2 is 1.35 bits per heavy atom. The minimum absolute atomic E-state index is 0.131. The van der Waals surface area contributed by atoms with Crippen molar-refractivity contribution in [1.29, 1.82) is 0 Å². The van der Waals surface area contributed by atoms with Crippen LogP contribution >= 0.6 is 0 Å². The molecule has 0 radical (unpaired) electrons. The fourth-order valence-electron chi connectivity index (χ4n) is 4.61. The number of nitrogens with zero attached hydrogens (tertiary/aromatic N) is 4. The highest BCUT2D eigenvalue weighted by Crippen LogP contribution is 2.18. The van der Waals surface area contributed by atoms with Gasteiger partial charge in [0.1, 0.15) is 25.2 Å². The van der Waals surface area contributed by atoms with Gasteiger partial charge < -0.3 is 30.3 Å². The van der Waals surface area contributed by atoms with Crippen LogP contribution in [0.25, 0.3) is 0 Å². The van der Waals surface area contributed by atoms with Gasteiger partial charge in [0.05, 0.1) is 6.54 Å². The number of aliphatic carboxylic acids is 1. The first-order valence-electron chi connectivity index (χ1n) is 15.6. The maximum absolute atomic E-state index is 13.4. The second-order valence-corrected chi connectivity index (χ2v) is 12.5. The minimum Gasteiger partial charge on any atom is -0.480 e. The van der Waals surface area contributed by atoms with Crippen LogP contribution in [0.15, 0.2) is 55.8 Å². The number of aromatic amines is 2. The van der Waals surface area contributed by atoms with E-state index in [2.05, 4.69) is 20.6 Å². The van der Waals surface area contributed by atoms with Crippen LogP contribution in [0.3, 0.4) is 0 Å². The zero-order chi connectivity index (χ0) is 38.0. The third-order valence-corrected chi connectivity index (χ3v) is 7.06. The number of H-pyrrole nitrogens is 2. The molecule has 0 aliphatic carbocycles. The number of carboxylic acid groups (broad SMARTS) is 1. The van der Waals surface area contributed by atoms with Crippen LogP contribution in [-0.4, -0.2) is 95.6 Å². The molecule has 0 atom stereocenters. The highest BCUT2D eigenvalue weighted by molar-refractivity contribution is 5.95. The lowest BCUT2D eigenvalue weighted by Crippen LogP contribution is -2.46. The van der Waals surface area contributed by atoms with E-state index in [1.54, 1.807) is 32.9 Å². The molecule has 2 aromatic heterocycles. The van der Waals surface area contributed by atoms with Gasteiger partial charge in [-0.3, -0.25) is 47.9 Å². The van der Waals surface area contributed by atoms with Crippen molar-refractivity contribution < 1.29 is 33.8 Å². The van der Waals surface area contributed by atoms with Gasteiger partial charge >= 0.3 is 23.4 Å². The molecule has 1 aromatic carbocycles. The molecule has 4 amide bonds. The Morgan fingerprint density at radius 1 is 0.824 bits per heavy atom. The van der Waals surface area contributed by atoms with Gasteiger partial charge in [0.25, 0.3) is 11.1 Å². The van der Waals surface area contributed by atoms with Crippen molar-refractivity contribution in [2.75, 3.05) is 31.5 Å². The molecule has 0 fully saturated rings. The van der Waals surface area contributed by atoms with Gasteiger partial charge in [-0.1, -0.05) is 18.2 Å². The van der Waals surface area contributed by atoms with Gasteiger partial charge in [-0.25, -0.2) is 14.4 Å².